The Bertz CT molecular complexity index is 378. The average molecular weight is 266 g/mol. The second-order valence-corrected chi connectivity index (χ2v) is 7.23. The fourth-order valence-electron chi connectivity index (χ4n) is 5.69. The highest BCUT2D eigenvalue weighted by molar-refractivity contribution is 5.68. The van der Waals surface area contributed by atoms with E-state index in [0.29, 0.717) is 30.1 Å². The van der Waals surface area contributed by atoms with Gasteiger partial charge in [0.15, 0.2) is 5.79 Å². The monoisotopic (exact) mass is 266 g/mol. The minimum Gasteiger partial charge on any atom is -0.481 e. The maximum absolute atomic E-state index is 11.2. The van der Waals surface area contributed by atoms with Gasteiger partial charge in [0.1, 0.15) is 0 Å². The molecule has 5 aliphatic rings. The summed E-state index contributed by atoms with van der Waals surface area (Å²) in [5, 5.41) is 9.22. The molecule has 4 nitrogen and oxygen atoms in total. The maximum atomic E-state index is 11.2. The SMILES string of the molecule is CC1(CC(=O)O)C2CC3CC1CC(C2)C31OCCO1. The molecule has 1 saturated heterocycles. The zero-order valence-electron chi connectivity index (χ0n) is 11.4. The third-order valence-electron chi connectivity index (χ3n) is 6.55. The molecule has 0 aromatic rings. The van der Waals surface area contributed by atoms with Crippen molar-refractivity contribution in [1.82, 2.24) is 0 Å². The summed E-state index contributed by atoms with van der Waals surface area (Å²) in [5.41, 5.74) is -0.000945. The Morgan fingerprint density at radius 3 is 1.95 bits per heavy atom. The number of hydrogen-bond donors (Lipinski definition) is 1. The topological polar surface area (TPSA) is 55.8 Å². The zero-order valence-corrected chi connectivity index (χ0v) is 11.4. The normalized spacial score (nSPS) is 49.9. The molecule has 0 amide bonds. The second-order valence-electron chi connectivity index (χ2n) is 7.23. The van der Waals surface area contributed by atoms with Crippen molar-refractivity contribution in [3.63, 3.8) is 0 Å². The summed E-state index contributed by atoms with van der Waals surface area (Å²) >= 11 is 0. The lowest BCUT2D eigenvalue weighted by molar-refractivity contribution is -0.309. The average Bonchev–Trinajstić information content (AvgIpc) is 2.76. The van der Waals surface area contributed by atoms with Crippen LogP contribution in [0, 0.1) is 29.1 Å². The van der Waals surface area contributed by atoms with Crippen molar-refractivity contribution in [2.24, 2.45) is 29.1 Å². The molecule has 1 aliphatic heterocycles. The van der Waals surface area contributed by atoms with Gasteiger partial charge in [0.25, 0.3) is 0 Å². The number of carboxylic acid groups (broad SMARTS) is 1. The van der Waals surface area contributed by atoms with Gasteiger partial charge in [-0.3, -0.25) is 4.79 Å². The summed E-state index contributed by atoms with van der Waals surface area (Å²) in [5.74, 6) is 1.16. The van der Waals surface area contributed by atoms with Gasteiger partial charge in [0.05, 0.1) is 19.6 Å². The Kier molecular flexibility index (Phi) is 2.39. The molecular formula is C15H22O4. The molecule has 5 rings (SSSR count). The van der Waals surface area contributed by atoms with Gasteiger partial charge in [-0.25, -0.2) is 0 Å². The lowest BCUT2D eigenvalue weighted by Gasteiger charge is -2.64. The van der Waals surface area contributed by atoms with E-state index in [1.807, 2.05) is 0 Å². The molecule has 0 aromatic heterocycles. The van der Waals surface area contributed by atoms with Crippen LogP contribution >= 0.6 is 0 Å². The number of carbonyl (C=O) groups is 1. The van der Waals surface area contributed by atoms with Crippen LogP contribution < -0.4 is 0 Å². The van der Waals surface area contributed by atoms with E-state index in [-0.39, 0.29) is 11.2 Å². The molecule has 1 heterocycles. The van der Waals surface area contributed by atoms with Crippen LogP contribution in [0.4, 0.5) is 0 Å². The van der Waals surface area contributed by atoms with Crippen molar-refractivity contribution in [2.75, 3.05) is 13.2 Å². The maximum Gasteiger partial charge on any atom is 0.303 e. The highest BCUT2D eigenvalue weighted by Crippen LogP contribution is 2.67. The molecule has 4 bridgehead atoms. The van der Waals surface area contributed by atoms with Crippen molar-refractivity contribution in [2.45, 2.75) is 44.8 Å². The van der Waals surface area contributed by atoms with Crippen LogP contribution in [-0.2, 0) is 14.3 Å². The Morgan fingerprint density at radius 2 is 1.53 bits per heavy atom. The van der Waals surface area contributed by atoms with E-state index in [9.17, 15) is 9.90 Å². The number of aliphatic carboxylic acids is 1. The Balaban J connectivity index is 1.64. The van der Waals surface area contributed by atoms with E-state index in [4.69, 9.17) is 9.47 Å². The van der Waals surface area contributed by atoms with Gasteiger partial charge in [0, 0.05) is 11.8 Å². The zero-order chi connectivity index (χ0) is 13.3. The molecule has 1 spiro atoms. The minimum absolute atomic E-state index is 0.000945. The highest BCUT2D eigenvalue weighted by atomic mass is 16.7. The minimum atomic E-state index is -0.641. The van der Waals surface area contributed by atoms with Crippen molar-refractivity contribution in [3.05, 3.63) is 0 Å². The molecule has 0 unspecified atom stereocenters. The Morgan fingerprint density at radius 1 is 1.05 bits per heavy atom. The van der Waals surface area contributed by atoms with E-state index in [1.54, 1.807) is 0 Å². The van der Waals surface area contributed by atoms with Crippen LogP contribution in [-0.4, -0.2) is 30.1 Å². The first-order valence-corrected chi connectivity index (χ1v) is 7.54. The van der Waals surface area contributed by atoms with Crippen LogP contribution in [0.1, 0.15) is 39.0 Å². The summed E-state index contributed by atoms with van der Waals surface area (Å²) in [4.78, 5) is 11.2. The fraction of sp³-hybridized carbons (Fsp3) is 0.933. The summed E-state index contributed by atoms with van der Waals surface area (Å²) in [6, 6.07) is 0. The molecule has 19 heavy (non-hydrogen) atoms. The van der Waals surface area contributed by atoms with Crippen LogP contribution in [0.5, 0.6) is 0 Å². The first-order chi connectivity index (χ1) is 9.04. The lowest BCUT2D eigenvalue weighted by atomic mass is 9.43. The summed E-state index contributed by atoms with van der Waals surface area (Å²) in [7, 11) is 0. The molecular weight excluding hydrogens is 244 g/mol. The largest absolute Gasteiger partial charge is 0.481 e. The van der Waals surface area contributed by atoms with Crippen LogP contribution in [0.3, 0.4) is 0 Å². The third kappa shape index (κ3) is 1.44. The molecule has 4 saturated carbocycles. The van der Waals surface area contributed by atoms with E-state index < -0.39 is 5.97 Å². The fourth-order valence-corrected chi connectivity index (χ4v) is 5.69. The van der Waals surface area contributed by atoms with Crippen molar-refractivity contribution in [1.29, 1.82) is 0 Å². The molecule has 4 aliphatic carbocycles. The number of ether oxygens (including phenoxy) is 2. The molecule has 106 valence electrons. The predicted molar refractivity (Wildman–Crippen MR) is 67.4 cm³/mol. The van der Waals surface area contributed by atoms with Crippen LogP contribution in [0.2, 0.25) is 0 Å². The van der Waals surface area contributed by atoms with Gasteiger partial charge < -0.3 is 14.6 Å². The Hall–Kier alpha value is -0.610. The first kappa shape index (κ1) is 12.2. The van der Waals surface area contributed by atoms with Crippen molar-refractivity contribution < 1.29 is 19.4 Å². The number of rotatable bonds is 2. The number of hydrogen-bond acceptors (Lipinski definition) is 3. The van der Waals surface area contributed by atoms with Crippen LogP contribution in [0.25, 0.3) is 0 Å². The number of carboxylic acids is 1. The molecule has 0 aromatic carbocycles. The standard InChI is InChI=1S/C15H22O4/c1-14(8-13(16)17)9-4-11-6-10(14)7-12(5-9)15(11)18-2-3-19-15/h9-12H,2-8H2,1H3,(H,16,17). The van der Waals surface area contributed by atoms with Gasteiger partial charge in [-0.15, -0.1) is 0 Å². The van der Waals surface area contributed by atoms with Gasteiger partial charge >= 0.3 is 5.97 Å². The van der Waals surface area contributed by atoms with Crippen molar-refractivity contribution in [3.8, 4) is 0 Å². The summed E-state index contributed by atoms with van der Waals surface area (Å²) in [6.07, 6.45) is 4.71. The highest BCUT2D eigenvalue weighted by Gasteiger charge is 2.66. The Labute approximate surface area is 113 Å². The molecule has 4 heteroatoms. The second kappa shape index (κ2) is 3.73. The van der Waals surface area contributed by atoms with Gasteiger partial charge in [0.2, 0.25) is 0 Å². The molecule has 5 fully saturated rings. The van der Waals surface area contributed by atoms with Crippen LogP contribution in [0.15, 0.2) is 0 Å². The summed E-state index contributed by atoms with van der Waals surface area (Å²) < 4.78 is 12.1. The lowest BCUT2D eigenvalue weighted by Crippen LogP contribution is -2.64. The van der Waals surface area contributed by atoms with Gasteiger partial charge in [-0.1, -0.05) is 6.92 Å². The first-order valence-electron chi connectivity index (χ1n) is 7.54. The smallest absolute Gasteiger partial charge is 0.303 e. The van der Waals surface area contributed by atoms with E-state index in [2.05, 4.69) is 6.92 Å². The predicted octanol–water partition coefficient (Wildman–Crippen LogP) is 2.28. The van der Waals surface area contributed by atoms with E-state index >= 15 is 0 Å². The van der Waals surface area contributed by atoms with Gasteiger partial charge in [-0.05, 0) is 42.9 Å². The summed E-state index contributed by atoms with van der Waals surface area (Å²) in [6.45, 7) is 3.67. The van der Waals surface area contributed by atoms with Gasteiger partial charge in [-0.2, -0.15) is 0 Å². The molecule has 0 atom stereocenters. The van der Waals surface area contributed by atoms with E-state index in [0.717, 1.165) is 38.9 Å². The third-order valence-corrected chi connectivity index (χ3v) is 6.55. The molecule has 0 radical (unpaired) electrons. The van der Waals surface area contributed by atoms with Crippen molar-refractivity contribution >= 4 is 5.97 Å². The quantitative estimate of drug-likeness (QED) is 0.833. The van der Waals surface area contributed by atoms with E-state index in [1.165, 1.54) is 0 Å². The molecule has 1 N–H and O–H groups in total.